The van der Waals surface area contributed by atoms with Crippen molar-refractivity contribution < 1.29 is 32.7 Å². The zero-order valence-corrected chi connectivity index (χ0v) is 19.6. The van der Waals surface area contributed by atoms with E-state index in [2.05, 4.69) is 0 Å². The number of hydroxylamine groups is 1. The molecule has 0 bridgehead atoms. The molecule has 2 heterocycles. The van der Waals surface area contributed by atoms with Crippen LogP contribution < -0.4 is 10.2 Å². The highest BCUT2D eigenvalue weighted by Crippen LogP contribution is 2.31. The normalized spacial score (nSPS) is 21.7. The highest BCUT2D eigenvalue weighted by Gasteiger charge is 2.50. The quantitative estimate of drug-likeness (QED) is 0.221. The molecular weight excluding hydrogens is 452 g/mol. The van der Waals surface area contributed by atoms with Gasteiger partial charge < -0.3 is 9.64 Å². The minimum atomic E-state index is -4.16. The Balaban J connectivity index is 1.83. The van der Waals surface area contributed by atoms with Crippen molar-refractivity contribution in [2.24, 2.45) is 0 Å². The number of nitrogens with zero attached hydrogens (tertiary/aromatic N) is 3. The molecule has 2 N–H and O–H groups in total. The monoisotopic (exact) mass is 482 g/mol. The summed E-state index contributed by atoms with van der Waals surface area (Å²) in [6, 6.07) is 3.25. The summed E-state index contributed by atoms with van der Waals surface area (Å²) in [7, 11) is -4.16. The lowest BCUT2D eigenvalue weighted by Crippen LogP contribution is -2.45. The zero-order valence-electron chi connectivity index (χ0n) is 18.8. The molecule has 1 aromatic carbocycles. The van der Waals surface area contributed by atoms with Crippen LogP contribution in [-0.4, -0.2) is 83.9 Å². The van der Waals surface area contributed by atoms with Gasteiger partial charge in [0.25, 0.3) is 11.8 Å². The van der Waals surface area contributed by atoms with Crippen LogP contribution in [0.5, 0.6) is 5.75 Å². The van der Waals surface area contributed by atoms with Gasteiger partial charge in [-0.25, -0.2) is 18.7 Å². The van der Waals surface area contributed by atoms with Crippen LogP contribution in [0.3, 0.4) is 0 Å². The van der Waals surface area contributed by atoms with Crippen molar-refractivity contribution in [3.63, 3.8) is 0 Å². The van der Waals surface area contributed by atoms with Crippen molar-refractivity contribution in [1.29, 1.82) is 0 Å². The Morgan fingerprint density at radius 3 is 2.48 bits per heavy atom. The molecule has 0 radical (unpaired) electrons. The molecule has 0 saturated carbocycles. The predicted octanol–water partition coefficient (Wildman–Crippen LogP) is 1.18. The average molecular weight is 483 g/mol. The Labute approximate surface area is 193 Å². The maximum absolute atomic E-state index is 13.4. The number of nitrogens with one attached hydrogen (secondary N) is 1. The van der Waals surface area contributed by atoms with E-state index in [0.29, 0.717) is 25.3 Å². The summed E-state index contributed by atoms with van der Waals surface area (Å²) in [6.45, 7) is 4.52. The summed E-state index contributed by atoms with van der Waals surface area (Å²) in [5, 5.41) is 9.16. The number of amides is 4. The van der Waals surface area contributed by atoms with Crippen molar-refractivity contribution in [3.05, 3.63) is 24.3 Å². The Kier molecular flexibility index (Phi) is 7.92. The Bertz CT molecular complexity index is 983. The van der Waals surface area contributed by atoms with Crippen molar-refractivity contribution >= 4 is 27.9 Å². The lowest BCUT2D eigenvalue weighted by atomic mass is 10.1. The van der Waals surface area contributed by atoms with Crippen LogP contribution in [0.15, 0.2) is 29.2 Å². The molecule has 182 valence electrons. The van der Waals surface area contributed by atoms with Gasteiger partial charge in [0.15, 0.2) is 0 Å². The zero-order chi connectivity index (χ0) is 24.2. The predicted molar refractivity (Wildman–Crippen MR) is 117 cm³/mol. The molecule has 2 fully saturated rings. The van der Waals surface area contributed by atoms with Crippen LogP contribution in [0.2, 0.25) is 0 Å². The summed E-state index contributed by atoms with van der Waals surface area (Å²) in [5.74, 6) is -0.838. The van der Waals surface area contributed by atoms with Gasteiger partial charge in [0.1, 0.15) is 18.3 Å². The molecule has 4 amide bonds. The first-order chi connectivity index (χ1) is 15.7. The number of urea groups is 1. The molecule has 2 saturated heterocycles. The second kappa shape index (κ2) is 10.5. The van der Waals surface area contributed by atoms with Crippen LogP contribution >= 0.6 is 0 Å². The average Bonchev–Trinajstić information content (AvgIpc) is 3.35. The van der Waals surface area contributed by atoms with Gasteiger partial charge in [-0.3, -0.25) is 19.7 Å². The van der Waals surface area contributed by atoms with Crippen LogP contribution in [0.1, 0.15) is 39.5 Å². The third-order valence-electron chi connectivity index (χ3n) is 5.77. The summed E-state index contributed by atoms with van der Waals surface area (Å²) in [6.07, 6.45) is 2.40. The number of hydrogen-bond acceptors (Lipinski definition) is 7. The number of rotatable bonds is 10. The highest BCUT2D eigenvalue weighted by molar-refractivity contribution is 7.89. The number of imide groups is 1. The van der Waals surface area contributed by atoms with E-state index < -0.39 is 40.0 Å². The lowest BCUT2D eigenvalue weighted by molar-refractivity contribution is -0.132. The first kappa shape index (κ1) is 24.9. The van der Waals surface area contributed by atoms with Gasteiger partial charge in [-0.2, -0.15) is 4.31 Å². The largest absolute Gasteiger partial charge is 0.494 e. The number of benzene rings is 1. The molecule has 2 aliphatic rings. The second-order valence-electron chi connectivity index (χ2n) is 8.10. The fourth-order valence-corrected chi connectivity index (χ4v) is 5.73. The van der Waals surface area contributed by atoms with Crippen LogP contribution in [0.25, 0.3) is 0 Å². The highest BCUT2D eigenvalue weighted by atomic mass is 32.2. The minimum absolute atomic E-state index is 0.0617. The topological polar surface area (TPSA) is 137 Å². The van der Waals surface area contributed by atoms with E-state index in [1.807, 2.05) is 13.8 Å². The van der Waals surface area contributed by atoms with Crippen molar-refractivity contribution in [1.82, 2.24) is 19.6 Å². The number of carbonyl (C=O) groups excluding carboxylic acids is 3. The molecule has 0 spiro atoms. The van der Waals surface area contributed by atoms with Gasteiger partial charge >= 0.3 is 6.03 Å². The van der Waals surface area contributed by atoms with E-state index in [4.69, 9.17) is 9.94 Å². The van der Waals surface area contributed by atoms with E-state index in [9.17, 15) is 22.8 Å². The second-order valence-corrected chi connectivity index (χ2v) is 9.99. The number of carbonyl (C=O) groups is 3. The third kappa shape index (κ3) is 5.12. The fraction of sp³-hybridized carbons (Fsp3) is 0.571. The molecule has 0 aliphatic carbocycles. The first-order valence-electron chi connectivity index (χ1n) is 11.0. The van der Waals surface area contributed by atoms with Crippen LogP contribution in [-0.2, 0) is 19.6 Å². The molecule has 33 heavy (non-hydrogen) atoms. The molecule has 12 heteroatoms. The molecule has 0 unspecified atom stereocenters. The maximum atomic E-state index is 13.4. The van der Waals surface area contributed by atoms with Crippen LogP contribution in [0.4, 0.5) is 4.79 Å². The molecule has 11 nitrogen and oxygen atoms in total. The molecule has 3 rings (SSSR count). The first-order valence-corrected chi connectivity index (χ1v) is 12.5. The Morgan fingerprint density at radius 1 is 1.18 bits per heavy atom. The number of sulfonamides is 1. The van der Waals surface area contributed by atoms with Gasteiger partial charge in [0.2, 0.25) is 10.0 Å². The summed E-state index contributed by atoms with van der Waals surface area (Å²) in [5.41, 5.74) is 1.50. The molecule has 2 atom stereocenters. The van der Waals surface area contributed by atoms with E-state index in [1.54, 1.807) is 0 Å². The van der Waals surface area contributed by atoms with Gasteiger partial charge in [-0.05, 0) is 43.5 Å². The number of hydrogen-bond donors (Lipinski definition) is 2. The standard InChI is InChI=1S/C21H30N4O7S/c1-3-5-11-32-16-6-8-17(9-7-16)33(30,31)24-13-15(12-18(24)20(27)22-29)25-19(26)14-23(10-4-2)21(25)28/h6-9,15,18,29H,3-5,10-14H2,1-2H3,(H,22,27)/t15-,18+/m0/s1. The Morgan fingerprint density at radius 2 is 1.88 bits per heavy atom. The van der Waals surface area contributed by atoms with E-state index in [1.165, 1.54) is 34.6 Å². The van der Waals surface area contributed by atoms with E-state index >= 15 is 0 Å². The van der Waals surface area contributed by atoms with Crippen molar-refractivity contribution in [3.8, 4) is 5.75 Å². The van der Waals surface area contributed by atoms with Gasteiger partial charge in [-0.1, -0.05) is 20.3 Å². The van der Waals surface area contributed by atoms with Crippen molar-refractivity contribution in [2.75, 3.05) is 26.2 Å². The Hall–Kier alpha value is -2.70. The van der Waals surface area contributed by atoms with Gasteiger partial charge in [0, 0.05) is 13.1 Å². The number of unbranched alkanes of at least 4 members (excludes halogenated alkanes) is 1. The molecule has 2 aliphatic heterocycles. The van der Waals surface area contributed by atoms with E-state index in [-0.39, 0.29) is 24.4 Å². The third-order valence-corrected chi connectivity index (χ3v) is 7.66. The fourth-order valence-electron chi connectivity index (χ4n) is 4.10. The van der Waals surface area contributed by atoms with Gasteiger partial charge in [0.05, 0.1) is 17.5 Å². The smallest absolute Gasteiger partial charge is 0.327 e. The van der Waals surface area contributed by atoms with Gasteiger partial charge in [-0.15, -0.1) is 0 Å². The molecular formula is C21H30N4O7S. The maximum Gasteiger partial charge on any atom is 0.327 e. The lowest BCUT2D eigenvalue weighted by Gasteiger charge is -2.23. The summed E-state index contributed by atoms with van der Waals surface area (Å²) < 4.78 is 33.2. The van der Waals surface area contributed by atoms with Crippen molar-refractivity contribution in [2.45, 2.75) is 56.5 Å². The minimum Gasteiger partial charge on any atom is -0.494 e. The SMILES string of the molecule is CCCCOc1ccc(S(=O)(=O)N2C[C@@H](N3C(=O)CN(CCC)C3=O)C[C@@H]2C(=O)NO)cc1. The number of ether oxygens (including phenoxy) is 1. The summed E-state index contributed by atoms with van der Waals surface area (Å²) in [4.78, 5) is 39.9. The summed E-state index contributed by atoms with van der Waals surface area (Å²) >= 11 is 0. The molecule has 1 aromatic rings. The molecule has 0 aromatic heterocycles. The van der Waals surface area contributed by atoms with Crippen LogP contribution in [0, 0.1) is 0 Å². The van der Waals surface area contributed by atoms with E-state index in [0.717, 1.165) is 22.0 Å².